The lowest BCUT2D eigenvalue weighted by atomic mass is 9.91. The van der Waals surface area contributed by atoms with Crippen LogP contribution in [0.4, 0.5) is 0 Å². The summed E-state index contributed by atoms with van der Waals surface area (Å²) in [5, 5.41) is 12.2. The Labute approximate surface area is 131 Å². The van der Waals surface area contributed by atoms with Crippen molar-refractivity contribution in [2.24, 2.45) is 0 Å². The number of aromatic nitrogens is 2. The van der Waals surface area contributed by atoms with Crippen molar-refractivity contribution in [3.8, 4) is 0 Å². The van der Waals surface area contributed by atoms with Crippen LogP contribution >= 0.6 is 34.5 Å². The Morgan fingerprint density at radius 1 is 1.40 bits per heavy atom. The quantitative estimate of drug-likeness (QED) is 0.933. The molecule has 0 radical (unpaired) electrons. The van der Waals surface area contributed by atoms with E-state index in [-0.39, 0.29) is 27.2 Å². The van der Waals surface area contributed by atoms with Crippen molar-refractivity contribution >= 4 is 40.4 Å². The molecule has 106 valence electrons. The molecule has 0 atom stereocenters. The van der Waals surface area contributed by atoms with Crippen LogP contribution in [0.2, 0.25) is 10.3 Å². The number of halogens is 2. The van der Waals surface area contributed by atoms with Gasteiger partial charge in [0.05, 0.1) is 5.56 Å². The van der Waals surface area contributed by atoms with Gasteiger partial charge in [0.1, 0.15) is 0 Å². The minimum Gasteiger partial charge on any atom is -0.351 e. The molecular formula is C13H13Cl2N3OS. The third-order valence-corrected chi connectivity index (χ3v) is 4.54. The van der Waals surface area contributed by atoms with E-state index in [1.807, 2.05) is 11.4 Å². The zero-order chi connectivity index (χ0) is 14.8. The molecule has 0 saturated carbocycles. The number of carbonyl (C=O) groups is 1. The molecule has 2 aromatic heterocycles. The standard InChI is InChI=1S/C13H13Cl2N3OS/c1-13(2,9-4-3-5-20-9)7-16-12(19)8-6-10(14)17-18-11(8)15/h3-6H,7H2,1-2H3,(H,16,19). The second-order valence-corrected chi connectivity index (χ2v) is 6.61. The van der Waals surface area contributed by atoms with Gasteiger partial charge in [0, 0.05) is 16.8 Å². The highest BCUT2D eigenvalue weighted by Gasteiger charge is 2.23. The summed E-state index contributed by atoms with van der Waals surface area (Å²) in [5.74, 6) is -0.309. The van der Waals surface area contributed by atoms with Crippen LogP contribution < -0.4 is 5.32 Å². The minimum absolute atomic E-state index is 0.0424. The average Bonchev–Trinajstić information content (AvgIpc) is 2.93. The van der Waals surface area contributed by atoms with E-state index >= 15 is 0 Å². The summed E-state index contributed by atoms with van der Waals surface area (Å²) in [6.45, 7) is 4.62. The molecule has 1 amide bonds. The van der Waals surface area contributed by atoms with Crippen molar-refractivity contribution in [1.82, 2.24) is 15.5 Å². The number of nitrogens with zero attached hydrogens (tertiary/aromatic N) is 2. The van der Waals surface area contributed by atoms with E-state index in [0.717, 1.165) is 0 Å². The van der Waals surface area contributed by atoms with E-state index in [0.29, 0.717) is 6.54 Å². The summed E-state index contributed by atoms with van der Waals surface area (Å²) >= 11 is 13.2. The van der Waals surface area contributed by atoms with Crippen LogP contribution in [0.25, 0.3) is 0 Å². The molecule has 7 heteroatoms. The van der Waals surface area contributed by atoms with Gasteiger partial charge in [-0.15, -0.1) is 21.5 Å². The Kier molecular flexibility index (Phi) is 4.62. The molecule has 0 spiro atoms. The zero-order valence-electron chi connectivity index (χ0n) is 11.0. The SMILES string of the molecule is CC(C)(CNC(=O)c1cc(Cl)nnc1Cl)c1cccs1. The first-order valence-corrected chi connectivity index (χ1v) is 7.54. The topological polar surface area (TPSA) is 54.9 Å². The summed E-state index contributed by atoms with van der Waals surface area (Å²) in [6, 6.07) is 5.45. The van der Waals surface area contributed by atoms with Gasteiger partial charge in [-0.1, -0.05) is 43.1 Å². The molecule has 2 aromatic rings. The fourth-order valence-electron chi connectivity index (χ4n) is 1.66. The summed E-state index contributed by atoms with van der Waals surface area (Å²) in [7, 11) is 0. The largest absolute Gasteiger partial charge is 0.351 e. The molecule has 0 bridgehead atoms. The van der Waals surface area contributed by atoms with Crippen LogP contribution in [-0.2, 0) is 5.41 Å². The summed E-state index contributed by atoms with van der Waals surface area (Å²) in [5.41, 5.74) is 0.0780. The number of carbonyl (C=O) groups excluding carboxylic acids is 1. The lowest BCUT2D eigenvalue weighted by molar-refractivity contribution is 0.0945. The molecule has 0 aliphatic rings. The van der Waals surface area contributed by atoms with Crippen molar-refractivity contribution in [3.05, 3.63) is 44.3 Å². The third-order valence-electron chi connectivity index (χ3n) is 2.84. The Morgan fingerprint density at radius 2 is 2.15 bits per heavy atom. The molecule has 0 aromatic carbocycles. The normalized spacial score (nSPS) is 11.4. The highest BCUT2D eigenvalue weighted by molar-refractivity contribution is 7.10. The molecule has 0 fully saturated rings. The fourth-order valence-corrected chi connectivity index (χ4v) is 2.84. The highest BCUT2D eigenvalue weighted by atomic mass is 35.5. The van der Waals surface area contributed by atoms with E-state index < -0.39 is 0 Å². The van der Waals surface area contributed by atoms with Crippen molar-refractivity contribution < 1.29 is 4.79 Å². The van der Waals surface area contributed by atoms with E-state index in [2.05, 4.69) is 35.4 Å². The van der Waals surface area contributed by atoms with Gasteiger partial charge in [-0.05, 0) is 17.5 Å². The Hall–Kier alpha value is -1.17. The second kappa shape index (κ2) is 6.08. The number of rotatable bonds is 4. The van der Waals surface area contributed by atoms with Crippen LogP contribution in [0.1, 0.15) is 29.1 Å². The van der Waals surface area contributed by atoms with Crippen LogP contribution in [0.5, 0.6) is 0 Å². The van der Waals surface area contributed by atoms with Crippen molar-refractivity contribution in [1.29, 1.82) is 0 Å². The van der Waals surface area contributed by atoms with E-state index in [1.54, 1.807) is 11.3 Å². The third kappa shape index (κ3) is 3.48. The van der Waals surface area contributed by atoms with Gasteiger partial charge in [-0.25, -0.2) is 0 Å². The van der Waals surface area contributed by atoms with Crippen molar-refractivity contribution in [2.75, 3.05) is 6.54 Å². The number of thiophene rings is 1. The number of amides is 1. The lowest BCUT2D eigenvalue weighted by Crippen LogP contribution is -2.36. The smallest absolute Gasteiger partial charge is 0.254 e. The Bertz CT molecular complexity index is 614. The van der Waals surface area contributed by atoms with Gasteiger partial charge in [-0.2, -0.15) is 0 Å². The molecular weight excluding hydrogens is 317 g/mol. The maximum Gasteiger partial charge on any atom is 0.254 e. The predicted octanol–water partition coefficient (Wildman–Crippen LogP) is 3.55. The molecule has 20 heavy (non-hydrogen) atoms. The van der Waals surface area contributed by atoms with Gasteiger partial charge in [0.15, 0.2) is 10.3 Å². The molecule has 4 nitrogen and oxygen atoms in total. The maximum atomic E-state index is 12.1. The molecule has 1 N–H and O–H groups in total. The molecule has 0 aliphatic heterocycles. The number of hydrogen-bond donors (Lipinski definition) is 1. The summed E-state index contributed by atoms with van der Waals surface area (Å²) in [6.07, 6.45) is 0. The first-order valence-electron chi connectivity index (χ1n) is 5.91. The summed E-state index contributed by atoms with van der Waals surface area (Å²) in [4.78, 5) is 13.3. The van der Waals surface area contributed by atoms with E-state index in [1.165, 1.54) is 10.9 Å². The lowest BCUT2D eigenvalue weighted by Gasteiger charge is -2.23. The second-order valence-electron chi connectivity index (χ2n) is 4.92. The Morgan fingerprint density at radius 3 is 2.80 bits per heavy atom. The van der Waals surface area contributed by atoms with Crippen LogP contribution in [0.15, 0.2) is 23.6 Å². The maximum absolute atomic E-state index is 12.1. The molecule has 2 rings (SSSR count). The van der Waals surface area contributed by atoms with Gasteiger partial charge < -0.3 is 5.32 Å². The first kappa shape index (κ1) is 15.2. The van der Waals surface area contributed by atoms with Gasteiger partial charge >= 0.3 is 0 Å². The molecule has 0 unspecified atom stereocenters. The average molecular weight is 330 g/mol. The molecule has 0 aliphatic carbocycles. The van der Waals surface area contributed by atoms with Crippen molar-refractivity contribution in [2.45, 2.75) is 19.3 Å². The summed E-state index contributed by atoms with van der Waals surface area (Å²) < 4.78 is 0. The van der Waals surface area contributed by atoms with Gasteiger partial charge in [-0.3, -0.25) is 4.79 Å². The zero-order valence-corrected chi connectivity index (χ0v) is 13.3. The Balaban J connectivity index is 2.07. The molecule has 0 saturated heterocycles. The number of hydrogen-bond acceptors (Lipinski definition) is 4. The van der Waals surface area contributed by atoms with Crippen molar-refractivity contribution in [3.63, 3.8) is 0 Å². The highest BCUT2D eigenvalue weighted by Crippen LogP contribution is 2.26. The van der Waals surface area contributed by atoms with Gasteiger partial charge in [0.2, 0.25) is 0 Å². The van der Waals surface area contributed by atoms with E-state index in [9.17, 15) is 4.79 Å². The number of nitrogens with one attached hydrogen (secondary N) is 1. The first-order chi connectivity index (χ1) is 9.40. The van der Waals surface area contributed by atoms with Gasteiger partial charge in [0.25, 0.3) is 5.91 Å². The molecule has 2 heterocycles. The van der Waals surface area contributed by atoms with Crippen LogP contribution in [-0.4, -0.2) is 22.6 Å². The van der Waals surface area contributed by atoms with Crippen LogP contribution in [0.3, 0.4) is 0 Å². The fraction of sp³-hybridized carbons (Fsp3) is 0.308. The minimum atomic E-state index is -0.309. The van der Waals surface area contributed by atoms with Crippen LogP contribution in [0, 0.1) is 0 Å². The van der Waals surface area contributed by atoms with E-state index in [4.69, 9.17) is 23.2 Å². The monoisotopic (exact) mass is 329 g/mol. The predicted molar refractivity (Wildman–Crippen MR) is 81.7 cm³/mol.